The molecule has 0 radical (unpaired) electrons. The third-order valence-electron chi connectivity index (χ3n) is 4.98. The van der Waals surface area contributed by atoms with Gasteiger partial charge in [-0.1, -0.05) is 35.5 Å². The average molecular weight is 441 g/mol. The van der Waals surface area contributed by atoms with Gasteiger partial charge in [-0.3, -0.25) is 19.1 Å². The van der Waals surface area contributed by atoms with Gasteiger partial charge in [0.05, 0.1) is 11.1 Å². The van der Waals surface area contributed by atoms with Gasteiger partial charge in [-0.2, -0.15) is 4.98 Å². The fraction of sp³-hybridized carbons (Fsp3) is 0.0417. The molecule has 0 saturated carbocycles. The van der Waals surface area contributed by atoms with Gasteiger partial charge in [0.2, 0.25) is 11.7 Å². The molecule has 0 aliphatic heterocycles. The third kappa shape index (κ3) is 4.11. The van der Waals surface area contributed by atoms with E-state index >= 15 is 0 Å². The highest BCUT2D eigenvalue weighted by Gasteiger charge is 2.18. The molecule has 3 aromatic heterocycles. The van der Waals surface area contributed by atoms with Gasteiger partial charge in [-0.25, -0.2) is 4.39 Å². The molecule has 162 valence electrons. The Labute approximate surface area is 186 Å². The summed E-state index contributed by atoms with van der Waals surface area (Å²) in [5.74, 6) is -0.464. The Kier molecular flexibility index (Phi) is 5.19. The molecule has 5 aromatic rings. The van der Waals surface area contributed by atoms with Crippen molar-refractivity contribution in [3.05, 3.63) is 95.2 Å². The number of pyridine rings is 2. The van der Waals surface area contributed by atoms with Crippen molar-refractivity contribution in [2.24, 2.45) is 0 Å². The topological polar surface area (TPSA) is 103 Å². The molecular weight excluding hydrogens is 425 g/mol. The Morgan fingerprint density at radius 2 is 1.88 bits per heavy atom. The van der Waals surface area contributed by atoms with Crippen molar-refractivity contribution in [1.29, 1.82) is 0 Å². The van der Waals surface area contributed by atoms with Crippen LogP contribution in [-0.2, 0) is 11.3 Å². The Morgan fingerprint density at radius 3 is 2.70 bits per heavy atom. The van der Waals surface area contributed by atoms with Crippen LogP contribution in [0.3, 0.4) is 0 Å². The number of rotatable bonds is 5. The number of carbonyl (C=O) groups excluding carboxylic acids is 1. The highest BCUT2D eigenvalue weighted by Crippen LogP contribution is 2.27. The lowest BCUT2D eigenvalue weighted by atomic mass is 10.1. The van der Waals surface area contributed by atoms with Crippen LogP contribution in [0.4, 0.5) is 10.1 Å². The third-order valence-corrected chi connectivity index (χ3v) is 4.98. The summed E-state index contributed by atoms with van der Waals surface area (Å²) in [5, 5.41) is 7.24. The van der Waals surface area contributed by atoms with Gasteiger partial charge < -0.3 is 9.84 Å². The molecule has 0 atom stereocenters. The maximum absolute atomic E-state index is 13.4. The summed E-state index contributed by atoms with van der Waals surface area (Å²) in [5.41, 5.74) is 1.40. The minimum Gasteiger partial charge on any atom is -0.334 e. The molecule has 3 heterocycles. The molecule has 0 spiro atoms. The van der Waals surface area contributed by atoms with Crippen LogP contribution in [-0.4, -0.2) is 25.6 Å². The fourth-order valence-corrected chi connectivity index (χ4v) is 3.52. The van der Waals surface area contributed by atoms with Gasteiger partial charge in [0.25, 0.3) is 11.4 Å². The first kappa shape index (κ1) is 20.3. The zero-order valence-corrected chi connectivity index (χ0v) is 17.1. The maximum Gasteiger partial charge on any atom is 0.259 e. The van der Waals surface area contributed by atoms with Gasteiger partial charge in [0, 0.05) is 23.3 Å². The Hall–Kier alpha value is -4.66. The Balaban J connectivity index is 1.51. The van der Waals surface area contributed by atoms with E-state index in [4.69, 9.17) is 4.52 Å². The molecule has 0 fully saturated rings. The van der Waals surface area contributed by atoms with Crippen molar-refractivity contribution >= 4 is 22.5 Å². The number of aromatic nitrogens is 4. The molecular formula is C24H16FN5O3. The van der Waals surface area contributed by atoms with Crippen LogP contribution in [0.25, 0.3) is 33.9 Å². The molecule has 0 bridgehead atoms. The van der Waals surface area contributed by atoms with Crippen LogP contribution in [0.15, 0.2) is 88.3 Å². The molecule has 8 nitrogen and oxygen atoms in total. The number of nitrogens with zero attached hydrogens (tertiary/aromatic N) is 4. The first-order valence-electron chi connectivity index (χ1n) is 10.0. The van der Waals surface area contributed by atoms with Gasteiger partial charge in [-0.15, -0.1) is 0 Å². The van der Waals surface area contributed by atoms with E-state index in [1.54, 1.807) is 42.6 Å². The molecule has 0 aliphatic carbocycles. The largest absolute Gasteiger partial charge is 0.334 e. The highest BCUT2D eigenvalue weighted by atomic mass is 19.1. The van der Waals surface area contributed by atoms with Crippen molar-refractivity contribution in [2.75, 3.05) is 5.32 Å². The van der Waals surface area contributed by atoms with E-state index < -0.39 is 17.3 Å². The van der Waals surface area contributed by atoms with Crippen molar-refractivity contribution in [3.63, 3.8) is 0 Å². The zero-order valence-electron chi connectivity index (χ0n) is 17.1. The summed E-state index contributed by atoms with van der Waals surface area (Å²) >= 11 is 0. The van der Waals surface area contributed by atoms with E-state index in [-0.39, 0.29) is 12.4 Å². The molecule has 9 heteroatoms. The number of fused-ring (bicyclic) bond motifs is 1. The van der Waals surface area contributed by atoms with Crippen LogP contribution >= 0.6 is 0 Å². The summed E-state index contributed by atoms with van der Waals surface area (Å²) in [4.78, 5) is 34.1. The van der Waals surface area contributed by atoms with Gasteiger partial charge in [-0.05, 0) is 36.4 Å². The minimum absolute atomic E-state index is 0.167. The second-order valence-electron chi connectivity index (χ2n) is 7.20. The molecule has 33 heavy (non-hydrogen) atoms. The van der Waals surface area contributed by atoms with Crippen molar-refractivity contribution in [2.45, 2.75) is 6.54 Å². The number of hydrogen-bond donors (Lipinski definition) is 1. The van der Waals surface area contributed by atoms with Crippen LogP contribution in [0.5, 0.6) is 0 Å². The molecule has 0 unspecified atom stereocenters. The molecule has 1 amide bonds. The second kappa shape index (κ2) is 8.46. The first-order chi connectivity index (χ1) is 16.1. The standard InChI is InChI=1S/C24H16FN5O3/c25-15-6-5-7-16(12-15)27-21(31)14-30-20-10-2-1-8-17(20)18(13-22(30)32)24-28-23(29-33-24)19-9-3-4-11-26-19/h1-13H,14H2,(H,27,31). The number of carbonyl (C=O) groups is 1. The molecule has 2 aromatic carbocycles. The molecule has 5 rings (SSSR count). The highest BCUT2D eigenvalue weighted by molar-refractivity contribution is 5.95. The predicted octanol–water partition coefficient (Wildman–Crippen LogP) is 3.89. The van der Waals surface area contributed by atoms with Crippen LogP contribution in [0.2, 0.25) is 0 Å². The lowest BCUT2D eigenvalue weighted by Gasteiger charge is -2.12. The van der Waals surface area contributed by atoms with E-state index in [1.807, 2.05) is 12.1 Å². The lowest BCUT2D eigenvalue weighted by molar-refractivity contribution is -0.116. The summed E-state index contributed by atoms with van der Waals surface area (Å²) in [6.45, 7) is -0.251. The predicted molar refractivity (Wildman–Crippen MR) is 120 cm³/mol. The van der Waals surface area contributed by atoms with Crippen molar-refractivity contribution in [3.8, 4) is 23.0 Å². The van der Waals surface area contributed by atoms with Crippen LogP contribution < -0.4 is 10.9 Å². The van der Waals surface area contributed by atoms with Crippen molar-refractivity contribution < 1.29 is 13.7 Å². The second-order valence-corrected chi connectivity index (χ2v) is 7.20. The zero-order chi connectivity index (χ0) is 22.8. The summed E-state index contributed by atoms with van der Waals surface area (Å²) in [7, 11) is 0. The van der Waals surface area contributed by atoms with Crippen LogP contribution in [0, 0.1) is 5.82 Å². The monoisotopic (exact) mass is 441 g/mol. The molecule has 0 aliphatic rings. The number of hydrogen-bond acceptors (Lipinski definition) is 6. The Morgan fingerprint density at radius 1 is 1.03 bits per heavy atom. The number of para-hydroxylation sites is 1. The SMILES string of the molecule is O=C(Cn1c(=O)cc(-c2nc(-c3ccccn3)no2)c2ccccc21)Nc1cccc(F)c1. The van der Waals surface area contributed by atoms with E-state index in [9.17, 15) is 14.0 Å². The van der Waals surface area contributed by atoms with E-state index in [1.165, 1.54) is 28.8 Å². The number of anilines is 1. The normalized spacial score (nSPS) is 10.9. The number of halogens is 1. The van der Waals surface area contributed by atoms with E-state index in [0.717, 1.165) is 0 Å². The van der Waals surface area contributed by atoms with Gasteiger partial charge in [0.15, 0.2) is 0 Å². The number of nitrogens with one attached hydrogen (secondary N) is 1. The van der Waals surface area contributed by atoms with Gasteiger partial charge in [0.1, 0.15) is 18.1 Å². The van der Waals surface area contributed by atoms with Crippen LogP contribution in [0.1, 0.15) is 0 Å². The average Bonchev–Trinajstić information content (AvgIpc) is 3.31. The van der Waals surface area contributed by atoms with Crippen molar-refractivity contribution in [1.82, 2.24) is 19.7 Å². The smallest absolute Gasteiger partial charge is 0.259 e. The fourth-order valence-electron chi connectivity index (χ4n) is 3.52. The van der Waals surface area contributed by atoms with E-state index in [0.29, 0.717) is 33.7 Å². The number of benzene rings is 2. The molecule has 0 saturated heterocycles. The van der Waals surface area contributed by atoms with Gasteiger partial charge >= 0.3 is 0 Å². The maximum atomic E-state index is 13.4. The summed E-state index contributed by atoms with van der Waals surface area (Å²) in [6, 6.07) is 19.3. The summed E-state index contributed by atoms with van der Waals surface area (Å²) in [6.07, 6.45) is 1.62. The lowest BCUT2D eigenvalue weighted by Crippen LogP contribution is -2.27. The number of amides is 1. The quantitative estimate of drug-likeness (QED) is 0.444. The molecule has 1 N–H and O–H groups in total. The van der Waals surface area contributed by atoms with E-state index in [2.05, 4.69) is 20.4 Å². The first-order valence-corrected chi connectivity index (χ1v) is 10.0. The Bertz CT molecular complexity index is 1530. The summed E-state index contributed by atoms with van der Waals surface area (Å²) < 4.78 is 20.2. The minimum atomic E-state index is -0.468.